The third kappa shape index (κ3) is 40.1. The summed E-state index contributed by atoms with van der Waals surface area (Å²) in [4.78, 5) is 0. The van der Waals surface area contributed by atoms with Crippen molar-refractivity contribution in [1.82, 2.24) is 0 Å². The fraction of sp³-hybridized carbons (Fsp3) is 0.289. The molecule has 0 spiro atoms. The molecule has 0 N–H and O–H groups in total. The highest BCUT2D eigenvalue weighted by Gasteiger charge is 2.09. The van der Waals surface area contributed by atoms with Crippen molar-refractivity contribution >= 4 is 0 Å². The Balaban J connectivity index is 0.000000182. The van der Waals surface area contributed by atoms with Crippen LogP contribution in [0.25, 0.3) is 89.0 Å². The van der Waals surface area contributed by atoms with Crippen LogP contribution >= 0.6 is 0 Å². The molecule has 0 aromatic heterocycles. The van der Waals surface area contributed by atoms with E-state index >= 15 is 0 Å². The minimum absolute atomic E-state index is 0.899. The maximum absolute atomic E-state index is 5.18. The monoisotopic (exact) mass is 1910 g/mol. The minimum Gasteiger partial charge on any atom is -0.497 e. The van der Waals surface area contributed by atoms with E-state index in [0.29, 0.717) is 0 Å². The lowest BCUT2D eigenvalue weighted by atomic mass is 10.0. The number of hydrogen-bond acceptors (Lipinski definition) is 8. The highest BCUT2D eigenvalue weighted by Crippen LogP contribution is 2.33. The zero-order valence-corrected chi connectivity index (χ0v) is 88.5. The average molecular weight is 1910 g/mol. The number of rotatable bonds is 39. The van der Waals surface area contributed by atoms with Gasteiger partial charge in [-0.05, 0) is 308 Å². The van der Waals surface area contributed by atoms with Crippen molar-refractivity contribution in [2.24, 2.45) is 0 Å². The molecule has 0 unspecified atom stereocenters. The van der Waals surface area contributed by atoms with E-state index in [0.717, 1.165) is 71.7 Å². The smallest absolute Gasteiger partial charge is 0.118 e. The Hall–Kier alpha value is -14.1. The molecular formula is C135H158O8. The third-order valence-corrected chi connectivity index (χ3v) is 25.2. The number of aryl methyl sites for hydroxylation is 8. The predicted molar refractivity (Wildman–Crippen MR) is 612 cm³/mol. The second-order valence-electron chi connectivity index (χ2n) is 35.9. The van der Waals surface area contributed by atoms with Crippen LogP contribution in [0.2, 0.25) is 0 Å². The molecule has 0 aliphatic carbocycles. The van der Waals surface area contributed by atoms with E-state index in [1.54, 1.807) is 56.9 Å². The molecule has 8 nitrogen and oxygen atoms in total. The molecule has 16 aromatic rings. The van der Waals surface area contributed by atoms with E-state index in [1.165, 1.54) is 256 Å². The fourth-order valence-electron chi connectivity index (χ4n) is 16.5. The Morgan fingerprint density at radius 3 is 0.301 bits per heavy atom. The highest BCUT2D eigenvalue weighted by atomic mass is 16.5. The van der Waals surface area contributed by atoms with Crippen molar-refractivity contribution in [3.63, 3.8) is 0 Å². The summed E-state index contributed by atoms with van der Waals surface area (Å²) in [6, 6.07) is 136. The summed E-state index contributed by atoms with van der Waals surface area (Å²) < 4.78 is 41.3. The normalized spacial score (nSPS) is 10.3. The van der Waals surface area contributed by atoms with Gasteiger partial charge in [-0.3, -0.25) is 0 Å². The Bertz CT molecular complexity index is 5400. The molecule has 0 fully saturated rings. The van der Waals surface area contributed by atoms with Gasteiger partial charge >= 0.3 is 0 Å². The largest absolute Gasteiger partial charge is 0.497 e. The van der Waals surface area contributed by atoms with Gasteiger partial charge < -0.3 is 37.9 Å². The van der Waals surface area contributed by atoms with Crippen molar-refractivity contribution in [2.75, 3.05) is 56.9 Å². The summed E-state index contributed by atoms with van der Waals surface area (Å²) in [6.07, 6.45) is 28.4. The maximum Gasteiger partial charge on any atom is 0.118 e. The van der Waals surface area contributed by atoms with Crippen molar-refractivity contribution in [2.45, 2.75) is 203 Å². The first-order chi connectivity index (χ1) is 70.1. The van der Waals surface area contributed by atoms with E-state index in [4.69, 9.17) is 37.9 Å². The lowest BCUT2D eigenvalue weighted by molar-refractivity contribution is 0.415. The van der Waals surface area contributed by atoms with Crippen LogP contribution in [0.5, 0.6) is 46.0 Å². The summed E-state index contributed by atoms with van der Waals surface area (Å²) in [5, 5.41) is 0. The summed E-state index contributed by atoms with van der Waals surface area (Å²) in [5.74, 6) is 7.21. The van der Waals surface area contributed by atoms with Gasteiger partial charge in [0.25, 0.3) is 0 Å². The molecule has 0 atom stereocenters. The van der Waals surface area contributed by atoms with Gasteiger partial charge in [0.15, 0.2) is 0 Å². The van der Waals surface area contributed by atoms with Gasteiger partial charge in [-0.15, -0.1) is 0 Å². The van der Waals surface area contributed by atoms with Crippen molar-refractivity contribution in [1.29, 1.82) is 0 Å². The van der Waals surface area contributed by atoms with Crippen LogP contribution < -0.4 is 37.9 Å². The second kappa shape index (κ2) is 65.8. The average Bonchev–Trinajstić information content (AvgIpc) is 0.890. The predicted octanol–water partition coefficient (Wildman–Crippen LogP) is 37.2. The minimum atomic E-state index is 0.899. The fourth-order valence-corrected chi connectivity index (χ4v) is 16.5. The summed E-state index contributed by atoms with van der Waals surface area (Å²) in [7, 11) is 13.5. The van der Waals surface area contributed by atoms with Gasteiger partial charge in [-0.1, -0.05) is 417 Å². The van der Waals surface area contributed by atoms with Crippen molar-refractivity contribution in [3.8, 4) is 135 Å². The van der Waals surface area contributed by atoms with Crippen LogP contribution in [0.3, 0.4) is 0 Å². The molecular weight excluding hydrogens is 1750 g/mol. The molecule has 0 radical (unpaired) electrons. The lowest BCUT2D eigenvalue weighted by Gasteiger charge is -2.06. The third-order valence-electron chi connectivity index (χ3n) is 25.2. The zero-order chi connectivity index (χ0) is 102. The molecule has 0 aliphatic rings. The number of unbranched alkanes of at least 4 members (excludes halogenated alkanes) is 7. The standard InChI is InChI=1S/3C18H22O.C17H20O.4C16H18O/c3*1-3-4-5-6-15-7-9-16(10-8-15)17-11-13-18(19-2)14-12-17;1-3-4-5-14-6-8-15(9-7-14)16-10-12-17(18-2)13-11-16;4*1-3-4-13-5-7-14(8-6-13)15-9-11-16(17-2)12-10-15/h3*7-14H,3-6H2,1-2H3;6-13H,3-5H2,1-2H3;4*5-12H,3-4H2,1-2H3. The lowest BCUT2D eigenvalue weighted by Crippen LogP contribution is -1.86. The number of methoxy groups -OCH3 is 8. The van der Waals surface area contributed by atoms with Gasteiger partial charge in [0, 0.05) is 0 Å². The SMILES string of the molecule is CCCCCc1ccc(-c2ccc(OC)cc2)cc1.CCCCCc1ccc(-c2ccc(OC)cc2)cc1.CCCCCc1ccc(-c2ccc(OC)cc2)cc1.CCCCc1ccc(-c2ccc(OC)cc2)cc1.CCCc1ccc(-c2ccc(OC)cc2)cc1.CCCc1ccc(-c2ccc(OC)cc2)cc1.CCCc1ccc(-c2ccc(OC)cc2)cc1.CCCc1ccc(-c2ccc(OC)cc2)cc1. The molecule has 16 rings (SSSR count). The summed E-state index contributed by atoms with van der Waals surface area (Å²) in [5.41, 5.74) is 31.3. The summed E-state index contributed by atoms with van der Waals surface area (Å²) in [6.45, 7) is 17.8. The van der Waals surface area contributed by atoms with E-state index < -0.39 is 0 Å². The van der Waals surface area contributed by atoms with Crippen molar-refractivity contribution in [3.05, 3.63) is 433 Å². The van der Waals surface area contributed by atoms with Crippen molar-refractivity contribution < 1.29 is 37.9 Å². The van der Waals surface area contributed by atoms with Gasteiger partial charge in [0.2, 0.25) is 0 Å². The molecule has 0 heterocycles. The van der Waals surface area contributed by atoms with E-state index in [2.05, 4.69) is 347 Å². The summed E-state index contributed by atoms with van der Waals surface area (Å²) >= 11 is 0. The van der Waals surface area contributed by atoms with Crippen LogP contribution in [0.1, 0.15) is 196 Å². The molecule has 0 bridgehead atoms. The first-order valence-electron chi connectivity index (χ1n) is 52.0. The van der Waals surface area contributed by atoms with Gasteiger partial charge in [-0.2, -0.15) is 0 Å². The van der Waals surface area contributed by atoms with E-state index in [-0.39, 0.29) is 0 Å². The van der Waals surface area contributed by atoms with Gasteiger partial charge in [-0.25, -0.2) is 0 Å². The first-order valence-corrected chi connectivity index (χ1v) is 52.0. The number of hydrogen-bond donors (Lipinski definition) is 0. The topological polar surface area (TPSA) is 73.8 Å². The molecule has 0 aliphatic heterocycles. The second-order valence-corrected chi connectivity index (χ2v) is 35.9. The molecule has 746 valence electrons. The molecule has 16 aromatic carbocycles. The van der Waals surface area contributed by atoms with Crippen LogP contribution in [0.15, 0.2) is 388 Å². The zero-order valence-electron chi connectivity index (χ0n) is 88.5. The molecule has 0 amide bonds. The molecule has 143 heavy (non-hydrogen) atoms. The molecule has 0 saturated carbocycles. The van der Waals surface area contributed by atoms with Crippen LogP contribution in [-0.4, -0.2) is 56.9 Å². The maximum atomic E-state index is 5.18. The number of ether oxygens (including phenoxy) is 8. The van der Waals surface area contributed by atoms with Crippen LogP contribution in [0.4, 0.5) is 0 Å². The highest BCUT2D eigenvalue weighted by molar-refractivity contribution is 5.71. The van der Waals surface area contributed by atoms with Gasteiger partial charge in [0.05, 0.1) is 56.9 Å². The Labute approximate surface area is 859 Å². The molecule has 8 heteroatoms. The Morgan fingerprint density at radius 1 is 0.105 bits per heavy atom. The Morgan fingerprint density at radius 2 is 0.203 bits per heavy atom. The van der Waals surface area contributed by atoms with E-state index in [1.807, 2.05) is 97.1 Å². The van der Waals surface area contributed by atoms with E-state index in [9.17, 15) is 0 Å². The van der Waals surface area contributed by atoms with Crippen LogP contribution in [0, 0.1) is 0 Å². The van der Waals surface area contributed by atoms with Gasteiger partial charge in [0.1, 0.15) is 46.0 Å². The first kappa shape index (κ1) is 113. The van der Waals surface area contributed by atoms with Crippen LogP contribution in [-0.2, 0) is 51.4 Å². The molecule has 0 saturated heterocycles. The Kier molecular flexibility index (Phi) is 51.8. The number of benzene rings is 16. The quantitative estimate of drug-likeness (QED) is 0.0353.